The lowest BCUT2D eigenvalue weighted by Gasteiger charge is -2.36. The topological polar surface area (TPSA) is 12.9 Å². The third-order valence-electron chi connectivity index (χ3n) is 8.09. The highest BCUT2D eigenvalue weighted by Gasteiger charge is 2.43. The summed E-state index contributed by atoms with van der Waals surface area (Å²) in [5.41, 5.74) is 4.18. The molecule has 0 fully saturated rings. The summed E-state index contributed by atoms with van der Waals surface area (Å²) in [6, 6.07) is 40.6. The molecule has 2 aromatic heterocycles. The zero-order chi connectivity index (χ0) is 27.2. The Morgan fingerprint density at radius 3 is 1.92 bits per heavy atom. The Bertz CT molecular complexity index is 1720. The Labute approximate surface area is 237 Å². The maximum Gasteiger partial charge on any atom is 0.163 e. The molecule has 0 bridgehead atoms. The van der Waals surface area contributed by atoms with Crippen molar-refractivity contribution in [3.05, 3.63) is 121 Å². The van der Waals surface area contributed by atoms with Gasteiger partial charge in [0.25, 0.3) is 0 Å². The van der Waals surface area contributed by atoms with E-state index in [9.17, 15) is 0 Å². The molecule has 3 heteroatoms. The lowest BCUT2D eigenvalue weighted by Crippen LogP contribution is -2.68. The van der Waals surface area contributed by atoms with Gasteiger partial charge in [-0.2, -0.15) is 0 Å². The largest absolute Gasteiger partial charge is 0.255 e. The molecule has 0 aliphatic heterocycles. The zero-order valence-corrected chi connectivity index (χ0v) is 25.2. The number of aromatic nitrogens is 1. The number of fused-ring (bicyclic) bond motifs is 2. The van der Waals surface area contributed by atoms with E-state index in [2.05, 4.69) is 144 Å². The molecule has 0 spiro atoms. The smallest absolute Gasteiger partial charge is 0.163 e. The van der Waals surface area contributed by atoms with E-state index in [1.54, 1.807) is 0 Å². The molecule has 0 aliphatic rings. The molecule has 0 atom stereocenters. The van der Waals surface area contributed by atoms with Gasteiger partial charge in [-0.05, 0) is 67.3 Å². The number of nitrogens with zero attached hydrogens (tertiary/aromatic N) is 1. The van der Waals surface area contributed by atoms with Crippen LogP contribution in [0.15, 0.2) is 115 Å². The van der Waals surface area contributed by atoms with Gasteiger partial charge in [-0.1, -0.05) is 120 Å². The van der Waals surface area contributed by atoms with E-state index in [0.717, 1.165) is 5.69 Å². The molecule has 6 aromatic rings. The minimum Gasteiger partial charge on any atom is -0.255 e. The van der Waals surface area contributed by atoms with E-state index in [-0.39, 0.29) is 5.41 Å². The van der Waals surface area contributed by atoms with Gasteiger partial charge in [0.2, 0.25) is 0 Å². The number of hydrogen-bond donors (Lipinski definition) is 0. The van der Waals surface area contributed by atoms with Crippen molar-refractivity contribution in [3.8, 4) is 11.3 Å². The van der Waals surface area contributed by atoms with E-state index < -0.39 is 8.07 Å². The van der Waals surface area contributed by atoms with Crippen LogP contribution in [-0.4, -0.2) is 13.1 Å². The second kappa shape index (κ2) is 9.89. The molecule has 0 N–H and O–H groups in total. The average Bonchev–Trinajstić information content (AvgIpc) is 3.38. The van der Waals surface area contributed by atoms with Crippen molar-refractivity contribution in [2.45, 2.75) is 45.6 Å². The summed E-state index contributed by atoms with van der Waals surface area (Å²) in [5.74, 6) is 0. The summed E-state index contributed by atoms with van der Waals surface area (Å²) in [6.07, 6.45) is 1.99. The number of rotatable bonds is 5. The lowest BCUT2D eigenvalue weighted by molar-refractivity contribution is 0.596. The summed E-state index contributed by atoms with van der Waals surface area (Å²) < 4.78 is 2.78. The van der Waals surface area contributed by atoms with Crippen LogP contribution in [0.2, 0.25) is 5.54 Å². The maximum absolute atomic E-state index is 5.02. The molecule has 1 nitrogen and oxygen atoms in total. The Hall–Kier alpha value is -3.53. The van der Waals surface area contributed by atoms with Crippen LogP contribution in [0.4, 0.5) is 0 Å². The Kier molecular flexibility index (Phi) is 6.53. The highest BCUT2D eigenvalue weighted by molar-refractivity contribution is 7.36. The van der Waals surface area contributed by atoms with Crippen molar-refractivity contribution in [2.75, 3.05) is 0 Å². The molecule has 0 amide bonds. The fraction of sp³-hybridized carbons (Fsp3) is 0.194. The van der Waals surface area contributed by atoms with Crippen LogP contribution < -0.4 is 14.9 Å². The number of thiophene rings is 1. The molecular formula is C36H35NSSi. The first kappa shape index (κ1) is 25.7. The SMILES string of the molecule is CC(C)[Si](c1ccccc1)(c1ccccc1)c1cc2ccnc(-c3cc(C(C)(C)C)c4ccccc4c3)c2s1. The normalized spacial score (nSPS) is 12.5. The van der Waals surface area contributed by atoms with Gasteiger partial charge < -0.3 is 0 Å². The van der Waals surface area contributed by atoms with Crippen molar-refractivity contribution in [1.82, 2.24) is 4.98 Å². The molecule has 0 saturated carbocycles. The molecule has 4 aromatic carbocycles. The summed E-state index contributed by atoms with van der Waals surface area (Å²) in [5, 5.41) is 6.82. The lowest BCUT2D eigenvalue weighted by atomic mass is 9.82. The van der Waals surface area contributed by atoms with Gasteiger partial charge in [0.15, 0.2) is 8.07 Å². The maximum atomic E-state index is 5.02. The summed E-state index contributed by atoms with van der Waals surface area (Å²) >= 11 is 1.96. The Morgan fingerprint density at radius 2 is 1.31 bits per heavy atom. The first-order valence-corrected chi connectivity index (χ1v) is 16.7. The minimum absolute atomic E-state index is 0.0322. The van der Waals surface area contributed by atoms with Crippen LogP contribution in [0.1, 0.15) is 40.2 Å². The van der Waals surface area contributed by atoms with Crippen LogP contribution in [0, 0.1) is 0 Å². The minimum atomic E-state index is -2.30. The third-order valence-corrected chi connectivity index (χ3v) is 15.5. The molecule has 194 valence electrons. The van der Waals surface area contributed by atoms with Crippen LogP contribution in [0.5, 0.6) is 0 Å². The molecule has 0 aliphatic carbocycles. The fourth-order valence-corrected chi connectivity index (χ4v) is 14.1. The van der Waals surface area contributed by atoms with E-state index in [0.29, 0.717) is 5.54 Å². The Morgan fingerprint density at radius 1 is 0.692 bits per heavy atom. The summed E-state index contributed by atoms with van der Waals surface area (Å²) in [4.78, 5) is 5.02. The number of benzene rings is 4. The van der Waals surface area contributed by atoms with Gasteiger partial charge in [0, 0.05) is 16.3 Å². The predicted molar refractivity (Wildman–Crippen MR) is 174 cm³/mol. The van der Waals surface area contributed by atoms with Crippen molar-refractivity contribution in [1.29, 1.82) is 0 Å². The van der Waals surface area contributed by atoms with Crippen molar-refractivity contribution >= 4 is 55.1 Å². The molecule has 39 heavy (non-hydrogen) atoms. The first-order valence-electron chi connectivity index (χ1n) is 13.8. The first-order chi connectivity index (χ1) is 18.8. The number of pyridine rings is 1. The quantitative estimate of drug-likeness (QED) is 0.200. The van der Waals surface area contributed by atoms with Crippen molar-refractivity contribution in [3.63, 3.8) is 0 Å². The van der Waals surface area contributed by atoms with Crippen LogP contribution in [0.3, 0.4) is 0 Å². The number of hydrogen-bond acceptors (Lipinski definition) is 2. The average molecular weight is 542 g/mol. The summed E-state index contributed by atoms with van der Waals surface area (Å²) in [7, 11) is -2.30. The predicted octanol–water partition coefficient (Wildman–Crippen LogP) is 8.29. The van der Waals surface area contributed by atoms with Gasteiger partial charge in [-0.3, -0.25) is 4.98 Å². The zero-order valence-electron chi connectivity index (χ0n) is 23.4. The van der Waals surface area contributed by atoms with E-state index in [4.69, 9.17) is 4.98 Å². The Balaban J connectivity index is 1.63. The van der Waals surface area contributed by atoms with Crippen molar-refractivity contribution in [2.24, 2.45) is 0 Å². The van der Waals surface area contributed by atoms with Gasteiger partial charge in [-0.25, -0.2) is 0 Å². The molecule has 0 saturated heterocycles. The van der Waals surface area contributed by atoms with Gasteiger partial charge >= 0.3 is 0 Å². The van der Waals surface area contributed by atoms with Crippen LogP contribution in [-0.2, 0) is 5.41 Å². The van der Waals surface area contributed by atoms with Gasteiger partial charge in [0.05, 0.1) is 10.4 Å². The van der Waals surface area contributed by atoms with E-state index in [1.165, 1.54) is 46.9 Å². The van der Waals surface area contributed by atoms with Crippen LogP contribution in [0.25, 0.3) is 32.1 Å². The van der Waals surface area contributed by atoms with Gasteiger partial charge in [-0.15, -0.1) is 11.3 Å². The molecule has 2 heterocycles. The third kappa shape index (κ3) is 4.34. The fourth-order valence-electron chi connectivity index (χ4n) is 6.24. The molecule has 0 radical (unpaired) electrons. The second-order valence-electron chi connectivity index (χ2n) is 11.9. The standard InChI is InChI=1S/C36H35NSSi/c1-25(2)39(29-15-8-6-9-16-29,30-17-10-7-11-18-30)33-24-27-20-21-37-34(35(27)38-33)28-22-26-14-12-13-19-31(26)32(23-28)36(3,4)5/h6-25H,1-5H3. The van der Waals surface area contributed by atoms with Gasteiger partial charge in [0.1, 0.15) is 0 Å². The second-order valence-corrected chi connectivity index (χ2v) is 17.8. The monoisotopic (exact) mass is 541 g/mol. The highest BCUT2D eigenvalue weighted by atomic mass is 32.1. The molecular weight excluding hydrogens is 507 g/mol. The molecule has 6 rings (SSSR count). The molecule has 0 unspecified atom stereocenters. The summed E-state index contributed by atoms with van der Waals surface area (Å²) in [6.45, 7) is 11.7. The highest BCUT2D eigenvalue weighted by Crippen LogP contribution is 2.38. The van der Waals surface area contributed by atoms with E-state index in [1.807, 2.05) is 17.5 Å². The van der Waals surface area contributed by atoms with Crippen LogP contribution >= 0.6 is 11.3 Å². The van der Waals surface area contributed by atoms with E-state index >= 15 is 0 Å². The van der Waals surface area contributed by atoms with Crippen molar-refractivity contribution < 1.29 is 0 Å².